The summed E-state index contributed by atoms with van der Waals surface area (Å²) in [5, 5.41) is 26.7. The van der Waals surface area contributed by atoms with E-state index in [4.69, 9.17) is 15.3 Å². The first kappa shape index (κ1) is 17.6. The average molecular weight is 282 g/mol. The van der Waals surface area contributed by atoms with E-state index in [2.05, 4.69) is 0 Å². The van der Waals surface area contributed by atoms with Gasteiger partial charge >= 0.3 is 17.9 Å². The van der Waals surface area contributed by atoms with Gasteiger partial charge in [-0.15, -0.1) is 0 Å². The van der Waals surface area contributed by atoms with E-state index in [0.29, 0.717) is 0 Å². The Hall–Kier alpha value is -2.37. The summed E-state index contributed by atoms with van der Waals surface area (Å²) >= 11 is 0. The van der Waals surface area contributed by atoms with E-state index < -0.39 is 23.8 Å². The molecule has 1 atom stereocenters. The molecule has 0 amide bonds. The molecule has 6 heteroatoms. The largest absolute Gasteiger partial charge is 0.478 e. The maximum absolute atomic E-state index is 11.1. The van der Waals surface area contributed by atoms with Crippen molar-refractivity contribution in [2.45, 2.75) is 27.2 Å². The maximum Gasteiger partial charge on any atom is 0.332 e. The summed E-state index contributed by atoms with van der Waals surface area (Å²) in [6.45, 7) is 4.54. The van der Waals surface area contributed by atoms with Crippen LogP contribution >= 0.6 is 0 Å². The third-order valence-corrected chi connectivity index (χ3v) is 2.69. The van der Waals surface area contributed by atoms with E-state index in [9.17, 15) is 14.4 Å². The second-order valence-corrected chi connectivity index (χ2v) is 4.22. The van der Waals surface area contributed by atoms with E-state index in [1.54, 1.807) is 6.92 Å². The number of carboxylic acids is 3. The summed E-state index contributed by atoms with van der Waals surface area (Å²) in [5.74, 6) is -4.11. The molecule has 0 spiro atoms. The molecular weight excluding hydrogens is 264 g/mol. The van der Waals surface area contributed by atoms with E-state index in [1.807, 2.05) is 0 Å². The van der Waals surface area contributed by atoms with Crippen LogP contribution in [-0.4, -0.2) is 33.2 Å². The molecule has 110 valence electrons. The highest BCUT2D eigenvalue weighted by Crippen LogP contribution is 2.16. The molecule has 0 aromatic carbocycles. The van der Waals surface area contributed by atoms with Crippen molar-refractivity contribution >= 4 is 17.9 Å². The fraction of sp³-hybridized carbons (Fsp3) is 0.357. The molecule has 0 fully saturated rings. The molecule has 20 heavy (non-hydrogen) atoms. The minimum atomic E-state index is -1.22. The van der Waals surface area contributed by atoms with E-state index in [-0.39, 0.29) is 23.1 Å². The summed E-state index contributed by atoms with van der Waals surface area (Å²) in [4.78, 5) is 32.7. The highest BCUT2D eigenvalue weighted by atomic mass is 16.4. The van der Waals surface area contributed by atoms with Crippen LogP contribution in [0.1, 0.15) is 27.2 Å². The molecule has 0 rings (SSSR count). The van der Waals surface area contributed by atoms with Gasteiger partial charge in [-0.3, -0.25) is 0 Å². The Balaban J connectivity index is 5.46. The fourth-order valence-electron chi connectivity index (χ4n) is 1.48. The van der Waals surface area contributed by atoms with Crippen LogP contribution in [0.3, 0.4) is 0 Å². The molecule has 0 aromatic heterocycles. The zero-order chi connectivity index (χ0) is 15.9. The number of hydrogen-bond donors (Lipinski definition) is 3. The topological polar surface area (TPSA) is 112 Å². The molecule has 0 saturated heterocycles. The number of carbonyl (C=O) groups is 3. The third kappa shape index (κ3) is 5.51. The van der Waals surface area contributed by atoms with Crippen LogP contribution in [0.25, 0.3) is 0 Å². The fourth-order valence-corrected chi connectivity index (χ4v) is 1.48. The normalized spacial score (nSPS) is 14.8. The summed E-state index contributed by atoms with van der Waals surface area (Å²) in [7, 11) is 0. The Morgan fingerprint density at radius 1 is 1.00 bits per heavy atom. The Kier molecular flexibility index (Phi) is 6.99. The van der Waals surface area contributed by atoms with Gasteiger partial charge in [0.1, 0.15) is 0 Å². The van der Waals surface area contributed by atoms with Gasteiger partial charge in [-0.25, -0.2) is 14.4 Å². The third-order valence-electron chi connectivity index (χ3n) is 2.69. The van der Waals surface area contributed by atoms with Crippen molar-refractivity contribution in [1.29, 1.82) is 0 Å². The number of hydrogen-bond acceptors (Lipinski definition) is 3. The van der Waals surface area contributed by atoms with Crippen LogP contribution in [0.2, 0.25) is 0 Å². The molecule has 0 radical (unpaired) electrons. The van der Waals surface area contributed by atoms with Crippen molar-refractivity contribution in [2.75, 3.05) is 0 Å². The molecular formula is C14H18O6. The van der Waals surface area contributed by atoms with Crippen molar-refractivity contribution in [2.24, 2.45) is 5.92 Å². The van der Waals surface area contributed by atoms with Gasteiger partial charge in [0, 0.05) is 22.6 Å². The zero-order valence-electron chi connectivity index (χ0n) is 11.6. The first-order chi connectivity index (χ1) is 9.20. The molecule has 0 saturated carbocycles. The smallest absolute Gasteiger partial charge is 0.332 e. The van der Waals surface area contributed by atoms with Gasteiger partial charge in [0.2, 0.25) is 0 Å². The lowest BCUT2D eigenvalue weighted by atomic mass is 9.97. The van der Waals surface area contributed by atoms with Gasteiger partial charge in [-0.2, -0.15) is 0 Å². The molecule has 0 aliphatic heterocycles. The minimum Gasteiger partial charge on any atom is -0.478 e. The van der Waals surface area contributed by atoms with Crippen molar-refractivity contribution < 1.29 is 29.7 Å². The number of aliphatic carboxylic acids is 3. The van der Waals surface area contributed by atoms with Gasteiger partial charge in [0.15, 0.2) is 0 Å². The number of allylic oxidation sites excluding steroid dienone is 3. The van der Waals surface area contributed by atoms with Crippen molar-refractivity contribution in [3.8, 4) is 0 Å². The van der Waals surface area contributed by atoms with Crippen LogP contribution in [0.15, 0.2) is 34.9 Å². The molecule has 0 aliphatic carbocycles. The van der Waals surface area contributed by atoms with E-state index >= 15 is 0 Å². The predicted octanol–water partition coefficient (Wildman–Crippen LogP) is 2.09. The first-order valence-electron chi connectivity index (χ1n) is 5.99. The van der Waals surface area contributed by atoms with Gasteiger partial charge in [0.25, 0.3) is 0 Å². The summed E-state index contributed by atoms with van der Waals surface area (Å²) in [6, 6.07) is 0. The lowest BCUT2D eigenvalue weighted by molar-refractivity contribution is -0.134. The zero-order valence-corrected chi connectivity index (χ0v) is 11.6. The summed E-state index contributed by atoms with van der Waals surface area (Å²) < 4.78 is 0. The average Bonchev–Trinajstić information content (AvgIpc) is 2.33. The van der Waals surface area contributed by atoms with E-state index in [1.165, 1.54) is 32.1 Å². The van der Waals surface area contributed by atoms with Crippen molar-refractivity contribution in [1.82, 2.24) is 0 Å². The SMILES string of the molecule is CCC(=CC=C(C(=O)O)C(C)C=C(C)C(=O)O)C(=O)O. The second kappa shape index (κ2) is 7.93. The Morgan fingerprint density at radius 2 is 1.55 bits per heavy atom. The Labute approximate surface area is 116 Å². The lowest BCUT2D eigenvalue weighted by Crippen LogP contribution is -2.10. The van der Waals surface area contributed by atoms with Crippen LogP contribution in [0.4, 0.5) is 0 Å². The molecule has 0 heterocycles. The van der Waals surface area contributed by atoms with Crippen molar-refractivity contribution in [3.05, 3.63) is 34.9 Å². The molecule has 1 unspecified atom stereocenters. The predicted molar refractivity (Wildman–Crippen MR) is 72.3 cm³/mol. The number of rotatable bonds is 7. The molecule has 3 N–H and O–H groups in total. The second-order valence-electron chi connectivity index (χ2n) is 4.22. The van der Waals surface area contributed by atoms with Crippen LogP contribution in [0.5, 0.6) is 0 Å². The molecule has 0 bridgehead atoms. The minimum absolute atomic E-state index is 0.0302. The highest BCUT2D eigenvalue weighted by molar-refractivity contribution is 5.91. The summed E-state index contributed by atoms with van der Waals surface area (Å²) in [5.41, 5.74) is 0.0373. The van der Waals surface area contributed by atoms with Crippen molar-refractivity contribution in [3.63, 3.8) is 0 Å². The summed E-state index contributed by atoms with van der Waals surface area (Å²) in [6.07, 6.45) is 4.00. The number of carboxylic acid groups (broad SMARTS) is 3. The van der Waals surface area contributed by atoms with Gasteiger partial charge in [0.05, 0.1) is 0 Å². The first-order valence-corrected chi connectivity index (χ1v) is 5.99. The molecule has 0 aliphatic rings. The Morgan fingerprint density at radius 3 is 1.90 bits per heavy atom. The molecule has 0 aromatic rings. The van der Waals surface area contributed by atoms with Gasteiger partial charge < -0.3 is 15.3 Å². The standard InChI is InChI=1S/C14H18O6/c1-4-10(13(17)18)5-6-11(14(19)20)8(2)7-9(3)12(15)16/h5-8H,4H2,1-3H3,(H,15,16)(H,17,18)(H,19,20). The van der Waals surface area contributed by atoms with Crippen LogP contribution < -0.4 is 0 Å². The monoisotopic (exact) mass is 282 g/mol. The lowest BCUT2D eigenvalue weighted by Gasteiger charge is -2.08. The van der Waals surface area contributed by atoms with Gasteiger partial charge in [-0.05, 0) is 13.3 Å². The quantitative estimate of drug-likeness (QED) is 0.487. The van der Waals surface area contributed by atoms with Crippen LogP contribution in [0, 0.1) is 5.92 Å². The Bertz CT molecular complexity index is 496. The van der Waals surface area contributed by atoms with Gasteiger partial charge in [-0.1, -0.05) is 32.1 Å². The van der Waals surface area contributed by atoms with E-state index in [0.717, 1.165) is 0 Å². The molecule has 6 nitrogen and oxygen atoms in total. The maximum atomic E-state index is 11.1. The highest BCUT2D eigenvalue weighted by Gasteiger charge is 2.15. The van der Waals surface area contributed by atoms with Crippen LogP contribution in [-0.2, 0) is 14.4 Å².